The second kappa shape index (κ2) is 10.2. The van der Waals surface area contributed by atoms with Gasteiger partial charge in [0.1, 0.15) is 5.84 Å². The normalized spacial score (nSPS) is 12.6. The van der Waals surface area contributed by atoms with Crippen LogP contribution in [0.5, 0.6) is 0 Å². The molecule has 0 atom stereocenters. The number of rotatable bonds is 7. The van der Waals surface area contributed by atoms with Crippen LogP contribution >= 0.6 is 0 Å². The maximum atomic E-state index is 13.7. The number of hydrogen-bond donors (Lipinski definition) is 1. The molecular formula is C26H34F2N4O. The van der Waals surface area contributed by atoms with Crippen LogP contribution in [0.25, 0.3) is 11.1 Å². The summed E-state index contributed by atoms with van der Waals surface area (Å²) in [5, 5.41) is 8.77. The van der Waals surface area contributed by atoms with Crippen molar-refractivity contribution in [1.82, 2.24) is 5.32 Å². The van der Waals surface area contributed by atoms with Crippen LogP contribution in [0.4, 0.5) is 14.5 Å². The first-order valence-electron chi connectivity index (χ1n) is 11.0. The van der Waals surface area contributed by atoms with Crippen molar-refractivity contribution in [2.24, 2.45) is 16.0 Å². The number of halogens is 2. The maximum Gasteiger partial charge on any atom is 0.270 e. The van der Waals surface area contributed by atoms with E-state index in [1.807, 2.05) is 47.6 Å². The number of anilines is 1. The Labute approximate surface area is 195 Å². The smallest absolute Gasteiger partial charge is 0.270 e. The van der Waals surface area contributed by atoms with Crippen LogP contribution in [-0.4, -0.2) is 30.5 Å². The van der Waals surface area contributed by atoms with Gasteiger partial charge in [-0.15, -0.1) is 0 Å². The number of nitrogens with zero attached hydrogens (tertiary/aromatic N) is 3. The molecule has 0 aromatic heterocycles. The van der Waals surface area contributed by atoms with E-state index in [-0.39, 0.29) is 17.4 Å². The Morgan fingerprint density at radius 1 is 1.06 bits per heavy atom. The van der Waals surface area contributed by atoms with Gasteiger partial charge in [0.15, 0.2) is 0 Å². The monoisotopic (exact) mass is 456 g/mol. The molecule has 0 fully saturated rings. The SMILES string of the molecule is C=NN(C(=NCC)C(C)C)c1cc(C(=O)NC(C)(C)C)cc(-c2ccc(C(C)(F)F)cc2)c1. The lowest BCUT2D eigenvalue weighted by Crippen LogP contribution is -2.40. The van der Waals surface area contributed by atoms with E-state index in [0.29, 0.717) is 34.8 Å². The largest absolute Gasteiger partial charge is 0.347 e. The van der Waals surface area contributed by atoms with Gasteiger partial charge in [-0.3, -0.25) is 9.79 Å². The lowest BCUT2D eigenvalue weighted by Gasteiger charge is -2.25. The van der Waals surface area contributed by atoms with E-state index in [4.69, 9.17) is 0 Å². The molecule has 2 rings (SSSR count). The maximum absolute atomic E-state index is 13.7. The van der Waals surface area contributed by atoms with E-state index < -0.39 is 11.5 Å². The average Bonchev–Trinajstić information content (AvgIpc) is 2.71. The molecule has 0 saturated heterocycles. The minimum absolute atomic E-state index is 0.0667. The van der Waals surface area contributed by atoms with Crippen LogP contribution in [-0.2, 0) is 5.92 Å². The van der Waals surface area contributed by atoms with Crippen molar-refractivity contribution in [2.45, 2.75) is 59.9 Å². The molecule has 0 saturated carbocycles. The van der Waals surface area contributed by atoms with E-state index in [0.717, 1.165) is 6.92 Å². The number of alkyl halides is 2. The quantitative estimate of drug-likeness (QED) is 0.294. The fourth-order valence-electron chi connectivity index (χ4n) is 3.34. The molecule has 2 aromatic rings. The zero-order valence-corrected chi connectivity index (χ0v) is 20.5. The number of benzene rings is 2. The Bertz CT molecular complexity index is 1020. The topological polar surface area (TPSA) is 57.1 Å². The van der Waals surface area contributed by atoms with Gasteiger partial charge in [-0.1, -0.05) is 38.1 Å². The Morgan fingerprint density at radius 3 is 2.12 bits per heavy atom. The summed E-state index contributed by atoms with van der Waals surface area (Å²) in [7, 11) is 0. The number of carbonyl (C=O) groups is 1. The number of nitrogens with one attached hydrogen (secondary N) is 1. The molecule has 0 aliphatic carbocycles. The van der Waals surface area contributed by atoms with Gasteiger partial charge >= 0.3 is 0 Å². The van der Waals surface area contributed by atoms with Gasteiger partial charge in [-0.2, -0.15) is 5.10 Å². The molecule has 33 heavy (non-hydrogen) atoms. The first kappa shape index (κ1) is 26.2. The van der Waals surface area contributed by atoms with Crippen LogP contribution in [0.3, 0.4) is 0 Å². The van der Waals surface area contributed by atoms with Gasteiger partial charge in [-0.05, 0) is 57.0 Å². The van der Waals surface area contributed by atoms with Gasteiger partial charge in [0.2, 0.25) is 0 Å². The summed E-state index contributed by atoms with van der Waals surface area (Å²) < 4.78 is 27.4. The number of carbonyl (C=O) groups excluding carboxylic acids is 1. The molecule has 0 heterocycles. The fraction of sp³-hybridized carbons (Fsp3) is 0.423. The van der Waals surface area contributed by atoms with E-state index in [2.05, 4.69) is 22.1 Å². The zero-order chi connectivity index (χ0) is 25.0. The molecule has 0 unspecified atom stereocenters. The average molecular weight is 457 g/mol. The van der Waals surface area contributed by atoms with Crippen LogP contribution < -0.4 is 10.3 Å². The molecule has 0 aliphatic heterocycles. The highest BCUT2D eigenvalue weighted by molar-refractivity contribution is 6.02. The third-order valence-corrected chi connectivity index (χ3v) is 4.83. The van der Waals surface area contributed by atoms with Crippen LogP contribution in [0.1, 0.15) is 64.4 Å². The molecule has 1 amide bonds. The van der Waals surface area contributed by atoms with Crippen molar-refractivity contribution in [3.8, 4) is 11.1 Å². The van der Waals surface area contributed by atoms with Crippen molar-refractivity contribution in [3.63, 3.8) is 0 Å². The second-order valence-electron chi connectivity index (χ2n) is 9.38. The summed E-state index contributed by atoms with van der Waals surface area (Å²) >= 11 is 0. The van der Waals surface area contributed by atoms with Crippen molar-refractivity contribution >= 4 is 24.1 Å². The molecule has 5 nitrogen and oxygen atoms in total. The molecule has 0 radical (unpaired) electrons. The highest BCUT2D eigenvalue weighted by Crippen LogP contribution is 2.32. The Balaban J connectivity index is 2.67. The van der Waals surface area contributed by atoms with Crippen molar-refractivity contribution in [2.75, 3.05) is 11.6 Å². The van der Waals surface area contributed by atoms with Crippen LogP contribution in [0.2, 0.25) is 0 Å². The molecule has 7 heteroatoms. The molecular weight excluding hydrogens is 422 g/mol. The van der Waals surface area contributed by atoms with Gasteiger partial charge in [0.25, 0.3) is 11.8 Å². The molecule has 0 bridgehead atoms. The Morgan fingerprint density at radius 2 is 1.67 bits per heavy atom. The van der Waals surface area contributed by atoms with Crippen LogP contribution in [0, 0.1) is 5.92 Å². The predicted octanol–water partition coefficient (Wildman–Crippen LogP) is 6.49. The molecule has 0 aliphatic rings. The number of hydrazone groups is 1. The number of aliphatic imine (C=N–C) groups is 1. The Hall–Kier alpha value is -3.09. The van der Waals surface area contributed by atoms with E-state index in [1.165, 1.54) is 12.1 Å². The van der Waals surface area contributed by atoms with E-state index in [9.17, 15) is 13.6 Å². The summed E-state index contributed by atoms with van der Waals surface area (Å²) in [4.78, 5) is 17.6. The molecule has 0 spiro atoms. The third-order valence-electron chi connectivity index (χ3n) is 4.83. The highest BCUT2D eigenvalue weighted by Gasteiger charge is 2.24. The zero-order valence-electron chi connectivity index (χ0n) is 20.5. The number of hydrogen-bond acceptors (Lipinski definition) is 3. The van der Waals surface area contributed by atoms with Gasteiger partial charge in [0.05, 0.1) is 5.69 Å². The van der Waals surface area contributed by atoms with Crippen molar-refractivity contribution in [1.29, 1.82) is 0 Å². The predicted molar refractivity (Wildman–Crippen MR) is 134 cm³/mol. The first-order valence-corrected chi connectivity index (χ1v) is 11.0. The molecule has 178 valence electrons. The number of amides is 1. The molecule has 1 N–H and O–H groups in total. The molecule has 2 aromatic carbocycles. The van der Waals surface area contributed by atoms with Gasteiger partial charge < -0.3 is 5.32 Å². The summed E-state index contributed by atoms with van der Waals surface area (Å²) in [5.74, 6) is -2.39. The summed E-state index contributed by atoms with van der Waals surface area (Å²) in [5.41, 5.74) is 1.95. The van der Waals surface area contributed by atoms with E-state index in [1.54, 1.807) is 29.3 Å². The van der Waals surface area contributed by atoms with Gasteiger partial charge in [0, 0.05) is 42.8 Å². The summed E-state index contributed by atoms with van der Waals surface area (Å²) in [6, 6.07) is 11.4. The first-order chi connectivity index (χ1) is 15.3. The highest BCUT2D eigenvalue weighted by atomic mass is 19.3. The fourth-order valence-corrected chi connectivity index (χ4v) is 3.34. The van der Waals surface area contributed by atoms with E-state index >= 15 is 0 Å². The minimum Gasteiger partial charge on any atom is -0.347 e. The van der Waals surface area contributed by atoms with Crippen molar-refractivity contribution < 1.29 is 13.6 Å². The summed E-state index contributed by atoms with van der Waals surface area (Å²) in [6.07, 6.45) is 0. The van der Waals surface area contributed by atoms with Gasteiger partial charge in [-0.25, -0.2) is 13.8 Å². The summed E-state index contributed by atoms with van der Waals surface area (Å²) in [6.45, 7) is 16.8. The van der Waals surface area contributed by atoms with Crippen LogP contribution in [0.15, 0.2) is 52.6 Å². The lowest BCUT2D eigenvalue weighted by atomic mass is 9.98. The lowest BCUT2D eigenvalue weighted by molar-refractivity contribution is 0.0175. The second-order valence-corrected chi connectivity index (χ2v) is 9.38. The standard InChI is InChI=1S/C26H34F2N4O/c1-9-30-23(17(2)3)32(29-8)22-15-19(14-20(16-22)24(33)31-25(4,5)6)18-10-12-21(13-11-18)26(7,27)28/h10-17H,8-9H2,1-7H3,(H,31,33). The third kappa shape index (κ3) is 6.94. The van der Waals surface area contributed by atoms with Crippen molar-refractivity contribution in [3.05, 3.63) is 53.6 Å². The Kier molecular flexibility index (Phi) is 8.11. The minimum atomic E-state index is -2.93. The number of amidine groups is 1.